The largest absolute Gasteiger partial charge is 0.540 e. The molecule has 0 heterocycles. The third-order valence-electron chi connectivity index (χ3n) is 6.21. The molecule has 0 amide bonds. The Morgan fingerprint density at radius 1 is 0.618 bits per heavy atom. The van der Waals surface area contributed by atoms with Crippen LogP contribution in [0.2, 0.25) is 5.04 Å². The van der Waals surface area contributed by atoms with Gasteiger partial charge in [0.05, 0.1) is 6.26 Å². The number of benzene rings is 4. The fraction of sp³-hybridized carbons (Fsp3) is 0.133. The average molecular weight is 483 g/mol. The van der Waals surface area contributed by atoms with E-state index >= 15 is 0 Å². The van der Waals surface area contributed by atoms with Crippen LogP contribution in [0, 0.1) is 0 Å². The number of hydrogen-bond acceptors (Lipinski definition) is 2. The molecule has 2 nitrogen and oxygen atoms in total. The standard InChI is InChI=1S/C30H31O2PSi/c1-30(2,3)34(28-20-12-6-13-21-28,29-22-14-7-15-23-29)32-24-25-33(31,26-16-8-4-9-17-26)27-18-10-5-11-19-27/h4-25H,1-3H3/b25-24+. The van der Waals surface area contributed by atoms with Crippen molar-refractivity contribution in [3.63, 3.8) is 0 Å². The maximum atomic E-state index is 14.5. The lowest BCUT2D eigenvalue weighted by Crippen LogP contribution is -2.65. The van der Waals surface area contributed by atoms with Gasteiger partial charge in [0, 0.05) is 16.4 Å². The molecule has 0 aromatic heterocycles. The number of hydrogen-bond donors (Lipinski definition) is 0. The van der Waals surface area contributed by atoms with Gasteiger partial charge in [-0.15, -0.1) is 0 Å². The Labute approximate surface area is 204 Å². The maximum Gasteiger partial charge on any atom is 0.319 e. The lowest BCUT2D eigenvalue weighted by Gasteiger charge is -2.42. The first-order valence-corrected chi connectivity index (χ1v) is 15.2. The van der Waals surface area contributed by atoms with E-state index in [-0.39, 0.29) is 5.04 Å². The van der Waals surface area contributed by atoms with E-state index in [1.165, 1.54) is 10.4 Å². The van der Waals surface area contributed by atoms with Crippen LogP contribution < -0.4 is 21.0 Å². The Morgan fingerprint density at radius 3 is 1.32 bits per heavy atom. The molecule has 0 aliphatic heterocycles. The van der Waals surface area contributed by atoms with Gasteiger partial charge in [-0.2, -0.15) is 0 Å². The van der Waals surface area contributed by atoms with Gasteiger partial charge in [-0.3, -0.25) is 0 Å². The summed E-state index contributed by atoms with van der Waals surface area (Å²) in [5.41, 5.74) is 0. The van der Waals surface area contributed by atoms with Crippen LogP contribution in [0.4, 0.5) is 0 Å². The van der Waals surface area contributed by atoms with Crippen molar-refractivity contribution in [3.8, 4) is 0 Å². The van der Waals surface area contributed by atoms with Gasteiger partial charge in [-0.05, 0) is 15.4 Å². The summed E-state index contributed by atoms with van der Waals surface area (Å²) in [4.78, 5) is 0. The first kappa shape index (κ1) is 24.0. The lowest BCUT2D eigenvalue weighted by atomic mass is 10.2. The van der Waals surface area contributed by atoms with Gasteiger partial charge in [0.2, 0.25) is 0 Å². The highest BCUT2D eigenvalue weighted by Crippen LogP contribution is 2.45. The van der Waals surface area contributed by atoms with Gasteiger partial charge < -0.3 is 8.99 Å². The van der Waals surface area contributed by atoms with Crippen molar-refractivity contribution in [1.29, 1.82) is 0 Å². The second kappa shape index (κ2) is 10.0. The Bertz CT molecular complexity index is 1180. The molecule has 0 N–H and O–H groups in total. The van der Waals surface area contributed by atoms with E-state index in [1.807, 2.05) is 72.8 Å². The van der Waals surface area contributed by atoms with E-state index in [1.54, 1.807) is 12.1 Å². The SMILES string of the molecule is CC(C)(C)[Si](O/C=C/P(=O)(c1ccccc1)c1ccccc1)(c1ccccc1)c1ccccc1. The van der Waals surface area contributed by atoms with Crippen LogP contribution in [0.25, 0.3) is 0 Å². The summed E-state index contributed by atoms with van der Waals surface area (Å²) >= 11 is 0. The fourth-order valence-electron chi connectivity index (χ4n) is 4.53. The molecule has 4 heteroatoms. The van der Waals surface area contributed by atoms with Crippen LogP contribution in [0.5, 0.6) is 0 Å². The molecule has 0 unspecified atom stereocenters. The molecule has 172 valence electrons. The zero-order valence-electron chi connectivity index (χ0n) is 20.0. The summed E-state index contributed by atoms with van der Waals surface area (Å²) in [5.74, 6) is 1.79. The van der Waals surface area contributed by atoms with Crippen LogP contribution in [-0.2, 0) is 8.99 Å². The van der Waals surface area contributed by atoms with E-state index in [9.17, 15) is 4.57 Å². The van der Waals surface area contributed by atoms with Gasteiger partial charge in [-0.25, -0.2) is 0 Å². The molecule has 4 rings (SSSR count). The van der Waals surface area contributed by atoms with Crippen molar-refractivity contribution in [1.82, 2.24) is 0 Å². The molecular formula is C30H31O2PSi. The topological polar surface area (TPSA) is 26.3 Å². The highest BCUT2D eigenvalue weighted by Gasteiger charge is 2.51. The average Bonchev–Trinajstić information content (AvgIpc) is 2.88. The second-order valence-corrected chi connectivity index (χ2v) is 16.3. The Balaban J connectivity index is 1.85. The van der Waals surface area contributed by atoms with Crippen LogP contribution >= 0.6 is 7.14 Å². The summed E-state index contributed by atoms with van der Waals surface area (Å²) in [6.07, 6.45) is 1.72. The molecule has 0 atom stereocenters. The van der Waals surface area contributed by atoms with Gasteiger partial charge in [0.1, 0.15) is 0 Å². The van der Waals surface area contributed by atoms with Crippen LogP contribution in [-0.4, -0.2) is 8.32 Å². The minimum Gasteiger partial charge on any atom is -0.540 e. The summed E-state index contributed by atoms with van der Waals surface area (Å²) in [7, 11) is -5.79. The fourth-order valence-corrected chi connectivity index (χ4v) is 11.0. The monoisotopic (exact) mass is 482 g/mol. The van der Waals surface area contributed by atoms with Crippen molar-refractivity contribution in [3.05, 3.63) is 133 Å². The molecule has 0 fully saturated rings. The van der Waals surface area contributed by atoms with Gasteiger partial charge >= 0.3 is 8.32 Å². The normalized spacial score (nSPS) is 12.6. The van der Waals surface area contributed by atoms with Crippen molar-refractivity contribution >= 4 is 36.4 Å². The lowest BCUT2D eigenvalue weighted by molar-refractivity contribution is 0.445. The summed E-state index contributed by atoms with van der Waals surface area (Å²) in [6.45, 7) is 6.71. The summed E-state index contributed by atoms with van der Waals surface area (Å²) in [5, 5.41) is 3.80. The first-order chi connectivity index (χ1) is 16.4. The predicted molar refractivity (Wildman–Crippen MR) is 148 cm³/mol. The van der Waals surface area contributed by atoms with Crippen molar-refractivity contribution in [2.75, 3.05) is 0 Å². The van der Waals surface area contributed by atoms with Crippen LogP contribution in [0.3, 0.4) is 0 Å². The van der Waals surface area contributed by atoms with E-state index in [4.69, 9.17) is 4.43 Å². The first-order valence-electron chi connectivity index (χ1n) is 11.6. The van der Waals surface area contributed by atoms with Crippen LogP contribution in [0.1, 0.15) is 20.8 Å². The smallest absolute Gasteiger partial charge is 0.319 e. The van der Waals surface area contributed by atoms with Crippen molar-refractivity contribution < 1.29 is 8.99 Å². The third-order valence-corrected chi connectivity index (χ3v) is 13.8. The molecular weight excluding hydrogens is 451 g/mol. The molecule has 34 heavy (non-hydrogen) atoms. The van der Waals surface area contributed by atoms with E-state index in [2.05, 4.69) is 69.3 Å². The molecule has 4 aromatic rings. The molecule has 0 saturated heterocycles. The Morgan fingerprint density at radius 2 is 0.971 bits per heavy atom. The quantitative estimate of drug-likeness (QED) is 0.182. The molecule has 4 aromatic carbocycles. The maximum absolute atomic E-state index is 14.5. The minimum atomic E-state index is -3.03. The van der Waals surface area contributed by atoms with Crippen molar-refractivity contribution in [2.45, 2.75) is 25.8 Å². The van der Waals surface area contributed by atoms with E-state index in [0.29, 0.717) is 0 Å². The molecule has 0 aliphatic rings. The van der Waals surface area contributed by atoms with E-state index < -0.39 is 15.5 Å². The predicted octanol–water partition coefficient (Wildman–Crippen LogP) is 6.05. The Hall–Kier alpha value is -3.13. The van der Waals surface area contributed by atoms with Gasteiger partial charge in [0.15, 0.2) is 7.14 Å². The summed E-state index contributed by atoms with van der Waals surface area (Å²) in [6, 6.07) is 40.3. The van der Waals surface area contributed by atoms with Gasteiger partial charge in [0.25, 0.3) is 0 Å². The second-order valence-electron chi connectivity index (χ2n) is 9.40. The molecule has 0 bridgehead atoms. The zero-order valence-corrected chi connectivity index (χ0v) is 21.9. The molecule has 0 radical (unpaired) electrons. The number of rotatable bonds is 7. The zero-order chi connectivity index (χ0) is 24.1. The van der Waals surface area contributed by atoms with E-state index in [0.717, 1.165) is 10.6 Å². The molecule has 0 saturated carbocycles. The summed E-state index contributed by atoms with van der Waals surface area (Å²) < 4.78 is 21.4. The highest BCUT2D eigenvalue weighted by atomic mass is 31.2. The molecule has 0 aliphatic carbocycles. The molecule has 0 spiro atoms. The van der Waals surface area contributed by atoms with Crippen molar-refractivity contribution in [2.24, 2.45) is 0 Å². The third kappa shape index (κ3) is 4.59. The minimum absolute atomic E-state index is 0.163. The highest BCUT2D eigenvalue weighted by molar-refractivity contribution is 7.81. The van der Waals surface area contributed by atoms with Gasteiger partial charge in [-0.1, -0.05) is 142 Å². The Kier molecular flexibility index (Phi) is 7.07. The van der Waals surface area contributed by atoms with Crippen LogP contribution in [0.15, 0.2) is 133 Å².